The maximum absolute atomic E-state index is 13.5. The quantitative estimate of drug-likeness (QED) is 0.500. The first kappa shape index (κ1) is 19.4. The van der Waals surface area contributed by atoms with Gasteiger partial charge in [-0.15, -0.1) is 0 Å². The summed E-state index contributed by atoms with van der Waals surface area (Å²) in [6.45, 7) is 13.1. The Morgan fingerprint density at radius 3 is 1.76 bits per heavy atom. The number of carbonyl (C=O) groups excluding carboxylic acids is 1. The van der Waals surface area contributed by atoms with Crippen molar-refractivity contribution < 1.29 is 4.79 Å². The Balaban J connectivity index is 2.52. The van der Waals surface area contributed by atoms with E-state index in [-0.39, 0.29) is 11.7 Å². The van der Waals surface area contributed by atoms with E-state index in [0.29, 0.717) is 17.8 Å². The van der Waals surface area contributed by atoms with Crippen molar-refractivity contribution in [1.82, 2.24) is 0 Å². The third-order valence-electron chi connectivity index (χ3n) is 5.25. The van der Waals surface area contributed by atoms with Gasteiger partial charge in [0, 0.05) is 11.5 Å². The molecule has 0 saturated heterocycles. The van der Waals surface area contributed by atoms with Crippen LogP contribution in [0, 0.1) is 5.92 Å². The molecule has 0 saturated carbocycles. The molecule has 1 heteroatoms. The van der Waals surface area contributed by atoms with E-state index in [4.69, 9.17) is 0 Å². The fraction of sp³-hybridized carbons (Fsp3) is 0.458. The predicted molar refractivity (Wildman–Crippen MR) is 108 cm³/mol. The smallest absolute Gasteiger partial charge is 0.170 e. The average molecular weight is 337 g/mol. The summed E-state index contributed by atoms with van der Waals surface area (Å²) in [6, 6.07) is 16.7. The number of hydrogen-bond donors (Lipinski definition) is 0. The van der Waals surface area contributed by atoms with E-state index in [0.717, 1.165) is 17.5 Å². The van der Waals surface area contributed by atoms with Crippen LogP contribution in [0.2, 0.25) is 0 Å². The minimum atomic E-state index is -0.0753. The number of Topliss-reactive ketones (excluding diaryl/α,β-unsaturated/α-hetero) is 1. The molecule has 1 nitrogen and oxygen atoms in total. The Labute approximate surface area is 153 Å². The van der Waals surface area contributed by atoms with E-state index in [1.165, 1.54) is 11.1 Å². The molecule has 134 valence electrons. The van der Waals surface area contributed by atoms with Crippen LogP contribution in [0.5, 0.6) is 0 Å². The summed E-state index contributed by atoms with van der Waals surface area (Å²) < 4.78 is 0. The lowest BCUT2D eigenvalue weighted by Gasteiger charge is -2.23. The molecule has 0 aliphatic heterocycles. The lowest BCUT2D eigenvalue weighted by molar-refractivity contribution is 0.0932. The summed E-state index contributed by atoms with van der Waals surface area (Å²) in [7, 11) is 0. The van der Waals surface area contributed by atoms with E-state index in [1.807, 2.05) is 18.2 Å². The molecule has 0 bridgehead atoms. The van der Waals surface area contributed by atoms with Crippen LogP contribution in [-0.2, 0) is 0 Å². The van der Waals surface area contributed by atoms with Crippen LogP contribution < -0.4 is 0 Å². The summed E-state index contributed by atoms with van der Waals surface area (Å²) in [4.78, 5) is 13.5. The number of hydrogen-bond acceptors (Lipinski definition) is 1. The molecule has 2 aromatic rings. The average Bonchev–Trinajstić information content (AvgIpc) is 2.62. The lowest BCUT2D eigenvalue weighted by atomic mass is 9.79. The largest absolute Gasteiger partial charge is 0.293 e. The first-order valence-electron chi connectivity index (χ1n) is 9.59. The normalized spacial score (nSPS) is 13.9. The molecule has 0 radical (unpaired) electrons. The van der Waals surface area contributed by atoms with Gasteiger partial charge in [-0.05, 0) is 46.6 Å². The van der Waals surface area contributed by atoms with Gasteiger partial charge in [-0.3, -0.25) is 4.79 Å². The summed E-state index contributed by atoms with van der Waals surface area (Å²) in [6.07, 6.45) is 0.992. The molecule has 25 heavy (non-hydrogen) atoms. The van der Waals surface area contributed by atoms with Crippen molar-refractivity contribution in [3.05, 3.63) is 70.8 Å². The molecule has 0 aliphatic rings. The highest BCUT2D eigenvalue weighted by Crippen LogP contribution is 2.32. The first-order chi connectivity index (χ1) is 11.8. The van der Waals surface area contributed by atoms with E-state index < -0.39 is 0 Å². The Bertz CT molecular complexity index is 671. The van der Waals surface area contributed by atoms with Gasteiger partial charge in [0.1, 0.15) is 0 Å². The Hall–Kier alpha value is -1.89. The fourth-order valence-electron chi connectivity index (χ4n) is 3.30. The molecular formula is C24H32O. The first-order valence-corrected chi connectivity index (χ1v) is 9.59. The van der Waals surface area contributed by atoms with Crippen molar-refractivity contribution >= 4 is 5.78 Å². The SMILES string of the molecule is CCC(C)C(C(=O)c1cc(C(C)C)cc(C(C)C)c1)c1ccccc1. The zero-order valence-corrected chi connectivity index (χ0v) is 16.5. The van der Waals surface area contributed by atoms with Crippen molar-refractivity contribution in [2.75, 3.05) is 0 Å². The Kier molecular flexibility index (Phi) is 6.58. The van der Waals surface area contributed by atoms with Crippen LogP contribution in [0.15, 0.2) is 48.5 Å². The molecule has 2 atom stereocenters. The summed E-state index contributed by atoms with van der Waals surface area (Å²) in [5.74, 6) is 1.34. The van der Waals surface area contributed by atoms with Crippen LogP contribution in [0.25, 0.3) is 0 Å². The van der Waals surface area contributed by atoms with Crippen LogP contribution in [0.1, 0.15) is 92.8 Å². The fourth-order valence-corrected chi connectivity index (χ4v) is 3.30. The predicted octanol–water partition coefficient (Wildman–Crippen LogP) is 6.95. The van der Waals surface area contributed by atoms with Gasteiger partial charge in [-0.25, -0.2) is 0 Å². The maximum atomic E-state index is 13.5. The zero-order chi connectivity index (χ0) is 18.6. The Morgan fingerprint density at radius 2 is 1.32 bits per heavy atom. The standard InChI is InChI=1S/C24H32O/c1-7-18(6)23(19-11-9-8-10-12-19)24(25)22-14-20(16(2)3)13-21(15-22)17(4)5/h8-18,23H,7H2,1-6H3. The molecule has 0 aromatic heterocycles. The number of rotatable bonds is 7. The monoisotopic (exact) mass is 336 g/mol. The third-order valence-corrected chi connectivity index (χ3v) is 5.25. The van der Waals surface area contributed by atoms with Gasteiger partial charge in [-0.2, -0.15) is 0 Å². The molecule has 0 fully saturated rings. The van der Waals surface area contributed by atoms with Gasteiger partial charge < -0.3 is 0 Å². The van der Waals surface area contributed by atoms with E-state index in [2.05, 4.69) is 71.9 Å². The highest BCUT2D eigenvalue weighted by atomic mass is 16.1. The number of ketones is 1. The van der Waals surface area contributed by atoms with Gasteiger partial charge >= 0.3 is 0 Å². The highest BCUT2D eigenvalue weighted by molar-refractivity contribution is 6.01. The molecule has 0 spiro atoms. The second-order valence-corrected chi connectivity index (χ2v) is 7.84. The second kappa shape index (κ2) is 8.47. The van der Waals surface area contributed by atoms with Crippen molar-refractivity contribution in [2.45, 2.75) is 65.7 Å². The van der Waals surface area contributed by atoms with Crippen LogP contribution in [-0.4, -0.2) is 5.78 Å². The molecule has 0 amide bonds. The molecule has 0 N–H and O–H groups in total. The molecule has 2 unspecified atom stereocenters. The van der Waals surface area contributed by atoms with Crippen LogP contribution in [0.3, 0.4) is 0 Å². The van der Waals surface area contributed by atoms with Crippen molar-refractivity contribution in [3.8, 4) is 0 Å². The van der Waals surface area contributed by atoms with Gasteiger partial charge in [0.25, 0.3) is 0 Å². The van der Waals surface area contributed by atoms with Crippen LogP contribution in [0.4, 0.5) is 0 Å². The zero-order valence-electron chi connectivity index (χ0n) is 16.5. The minimum absolute atomic E-state index is 0.0753. The molecular weight excluding hydrogens is 304 g/mol. The molecule has 0 heterocycles. The van der Waals surface area contributed by atoms with Gasteiger partial charge in [0.05, 0.1) is 0 Å². The van der Waals surface area contributed by atoms with Crippen molar-refractivity contribution in [3.63, 3.8) is 0 Å². The number of benzene rings is 2. The van der Waals surface area contributed by atoms with Gasteiger partial charge in [0.15, 0.2) is 5.78 Å². The molecule has 2 rings (SSSR count). The van der Waals surface area contributed by atoms with E-state index in [9.17, 15) is 4.79 Å². The van der Waals surface area contributed by atoms with E-state index >= 15 is 0 Å². The highest BCUT2D eigenvalue weighted by Gasteiger charge is 2.27. The lowest BCUT2D eigenvalue weighted by Crippen LogP contribution is -2.20. The van der Waals surface area contributed by atoms with Crippen molar-refractivity contribution in [2.24, 2.45) is 5.92 Å². The summed E-state index contributed by atoms with van der Waals surface area (Å²) in [5.41, 5.74) is 4.50. The molecule has 2 aromatic carbocycles. The van der Waals surface area contributed by atoms with E-state index in [1.54, 1.807) is 0 Å². The Morgan fingerprint density at radius 1 is 0.800 bits per heavy atom. The third kappa shape index (κ3) is 4.60. The molecule has 0 aliphatic carbocycles. The van der Waals surface area contributed by atoms with Gasteiger partial charge in [0.2, 0.25) is 0 Å². The number of carbonyl (C=O) groups is 1. The minimum Gasteiger partial charge on any atom is -0.293 e. The van der Waals surface area contributed by atoms with Crippen LogP contribution >= 0.6 is 0 Å². The maximum Gasteiger partial charge on any atom is 0.170 e. The second-order valence-electron chi connectivity index (χ2n) is 7.84. The van der Waals surface area contributed by atoms with Gasteiger partial charge in [-0.1, -0.05) is 84.4 Å². The van der Waals surface area contributed by atoms with Crippen molar-refractivity contribution in [1.29, 1.82) is 0 Å². The summed E-state index contributed by atoms with van der Waals surface area (Å²) in [5, 5.41) is 0. The summed E-state index contributed by atoms with van der Waals surface area (Å²) >= 11 is 0. The topological polar surface area (TPSA) is 17.1 Å².